The van der Waals surface area contributed by atoms with Gasteiger partial charge in [-0.1, -0.05) is 30.3 Å². The monoisotopic (exact) mass is 262 g/mol. The largest absolute Gasteiger partial charge is 0.361 e. The van der Waals surface area contributed by atoms with Crippen molar-refractivity contribution in [2.45, 2.75) is 13.1 Å². The third-order valence-electron chi connectivity index (χ3n) is 3.93. The van der Waals surface area contributed by atoms with Crippen LogP contribution in [-0.4, -0.2) is 15.8 Å². The van der Waals surface area contributed by atoms with Gasteiger partial charge in [-0.2, -0.15) is 0 Å². The molecule has 98 valence electrons. The number of rotatable bonds is 1. The molecule has 4 rings (SSSR count). The highest BCUT2D eigenvalue weighted by atomic mass is 16.2. The molecular formula is C17H14N2O. The van der Waals surface area contributed by atoms with Gasteiger partial charge in [0.15, 0.2) is 0 Å². The van der Waals surface area contributed by atoms with Crippen molar-refractivity contribution < 1.29 is 4.79 Å². The Kier molecular flexibility index (Phi) is 2.39. The zero-order valence-corrected chi connectivity index (χ0v) is 11.0. The Morgan fingerprint density at radius 2 is 1.75 bits per heavy atom. The number of nitrogens with zero attached hydrogens (tertiary/aromatic N) is 1. The summed E-state index contributed by atoms with van der Waals surface area (Å²) in [5, 5.41) is 1.13. The minimum atomic E-state index is 0.0951. The lowest BCUT2D eigenvalue weighted by atomic mass is 10.1. The van der Waals surface area contributed by atoms with Gasteiger partial charge in [-0.15, -0.1) is 0 Å². The van der Waals surface area contributed by atoms with Gasteiger partial charge in [0.25, 0.3) is 5.91 Å². The van der Waals surface area contributed by atoms with Crippen molar-refractivity contribution >= 4 is 16.8 Å². The molecule has 1 aliphatic heterocycles. The summed E-state index contributed by atoms with van der Waals surface area (Å²) in [5.41, 5.74) is 4.25. The topological polar surface area (TPSA) is 36.1 Å². The maximum Gasteiger partial charge on any atom is 0.254 e. The molecule has 3 nitrogen and oxygen atoms in total. The first-order valence-electron chi connectivity index (χ1n) is 6.74. The highest BCUT2D eigenvalue weighted by Crippen LogP contribution is 2.24. The third kappa shape index (κ3) is 1.71. The molecule has 0 unspecified atom stereocenters. The zero-order valence-electron chi connectivity index (χ0n) is 11.0. The Bertz CT molecular complexity index is 778. The predicted molar refractivity (Wildman–Crippen MR) is 78.3 cm³/mol. The van der Waals surface area contributed by atoms with Crippen LogP contribution >= 0.6 is 0 Å². The van der Waals surface area contributed by atoms with Gasteiger partial charge in [-0.05, 0) is 34.7 Å². The average molecular weight is 262 g/mol. The summed E-state index contributed by atoms with van der Waals surface area (Å²) < 4.78 is 0. The van der Waals surface area contributed by atoms with Crippen LogP contribution in [0.25, 0.3) is 10.9 Å². The number of hydrogen-bond acceptors (Lipinski definition) is 1. The molecule has 1 aliphatic rings. The Morgan fingerprint density at radius 3 is 2.50 bits per heavy atom. The van der Waals surface area contributed by atoms with E-state index in [1.54, 1.807) is 0 Å². The fourth-order valence-corrected chi connectivity index (χ4v) is 2.84. The predicted octanol–water partition coefficient (Wildman–Crippen LogP) is 3.32. The Labute approximate surface area is 116 Å². The van der Waals surface area contributed by atoms with Gasteiger partial charge in [0, 0.05) is 30.4 Å². The third-order valence-corrected chi connectivity index (χ3v) is 3.93. The first kappa shape index (κ1) is 11.3. The van der Waals surface area contributed by atoms with Gasteiger partial charge in [-0.3, -0.25) is 4.79 Å². The second kappa shape index (κ2) is 4.23. The summed E-state index contributed by atoms with van der Waals surface area (Å²) in [4.78, 5) is 17.6. The lowest BCUT2D eigenvalue weighted by Crippen LogP contribution is -2.25. The van der Waals surface area contributed by atoms with E-state index in [0.29, 0.717) is 13.1 Å². The van der Waals surface area contributed by atoms with E-state index >= 15 is 0 Å². The highest BCUT2D eigenvalue weighted by Gasteiger charge is 2.23. The number of carbonyl (C=O) groups is 1. The van der Waals surface area contributed by atoms with E-state index in [2.05, 4.69) is 17.1 Å². The summed E-state index contributed by atoms with van der Waals surface area (Å²) >= 11 is 0. The lowest BCUT2D eigenvalue weighted by Gasteiger charge is -2.15. The molecule has 3 heteroatoms. The number of hydrogen-bond donors (Lipinski definition) is 1. The highest BCUT2D eigenvalue weighted by molar-refractivity contribution is 5.98. The molecule has 2 heterocycles. The van der Waals surface area contributed by atoms with E-state index < -0.39 is 0 Å². The normalized spacial score (nSPS) is 13.7. The molecule has 0 saturated carbocycles. The van der Waals surface area contributed by atoms with Crippen LogP contribution in [-0.2, 0) is 13.1 Å². The summed E-state index contributed by atoms with van der Waals surface area (Å²) in [5.74, 6) is 0.0951. The van der Waals surface area contributed by atoms with Crippen LogP contribution in [0.15, 0.2) is 54.7 Å². The lowest BCUT2D eigenvalue weighted by molar-refractivity contribution is 0.0751. The molecule has 1 amide bonds. The molecule has 3 aromatic rings. The molecule has 0 aliphatic carbocycles. The molecule has 1 aromatic heterocycles. The summed E-state index contributed by atoms with van der Waals surface area (Å²) in [7, 11) is 0. The van der Waals surface area contributed by atoms with Crippen molar-refractivity contribution in [2.24, 2.45) is 0 Å². The van der Waals surface area contributed by atoms with Crippen LogP contribution in [0.4, 0.5) is 0 Å². The molecule has 2 aromatic carbocycles. The molecule has 0 saturated heterocycles. The van der Waals surface area contributed by atoms with E-state index in [4.69, 9.17) is 0 Å². The molecule has 0 spiro atoms. The van der Waals surface area contributed by atoms with E-state index in [0.717, 1.165) is 16.5 Å². The van der Waals surface area contributed by atoms with Crippen LogP contribution in [0, 0.1) is 0 Å². The quantitative estimate of drug-likeness (QED) is 0.717. The van der Waals surface area contributed by atoms with E-state index in [9.17, 15) is 4.79 Å². The summed E-state index contributed by atoms with van der Waals surface area (Å²) in [6, 6.07) is 16.1. The van der Waals surface area contributed by atoms with Crippen molar-refractivity contribution in [2.75, 3.05) is 0 Å². The number of fused-ring (bicyclic) bond motifs is 2. The maximum atomic E-state index is 12.6. The van der Waals surface area contributed by atoms with Gasteiger partial charge in [-0.25, -0.2) is 0 Å². The second-order valence-electron chi connectivity index (χ2n) is 5.21. The van der Waals surface area contributed by atoms with E-state index in [1.807, 2.05) is 47.5 Å². The SMILES string of the molecule is O=C(c1ccc2cc[nH]c2c1)N1Cc2ccccc2C1. The fourth-order valence-electron chi connectivity index (χ4n) is 2.84. The van der Waals surface area contributed by atoms with Crippen molar-refractivity contribution in [1.82, 2.24) is 9.88 Å². The summed E-state index contributed by atoms with van der Waals surface area (Å²) in [6.07, 6.45) is 1.89. The maximum absolute atomic E-state index is 12.6. The van der Waals surface area contributed by atoms with Crippen LogP contribution in [0.2, 0.25) is 0 Å². The molecule has 0 bridgehead atoms. The van der Waals surface area contributed by atoms with Gasteiger partial charge in [0.1, 0.15) is 0 Å². The van der Waals surface area contributed by atoms with Crippen LogP contribution < -0.4 is 0 Å². The number of amides is 1. The number of nitrogens with one attached hydrogen (secondary N) is 1. The first-order valence-corrected chi connectivity index (χ1v) is 6.74. The summed E-state index contributed by atoms with van der Waals surface area (Å²) in [6.45, 7) is 1.41. The fraction of sp³-hybridized carbons (Fsp3) is 0.118. The number of benzene rings is 2. The van der Waals surface area contributed by atoms with Crippen molar-refractivity contribution in [1.29, 1.82) is 0 Å². The first-order chi connectivity index (χ1) is 9.81. The van der Waals surface area contributed by atoms with E-state index in [1.165, 1.54) is 11.1 Å². The van der Waals surface area contributed by atoms with Gasteiger partial charge < -0.3 is 9.88 Å². The van der Waals surface area contributed by atoms with Gasteiger partial charge >= 0.3 is 0 Å². The molecule has 0 radical (unpaired) electrons. The Hall–Kier alpha value is -2.55. The minimum absolute atomic E-state index is 0.0951. The van der Waals surface area contributed by atoms with Gasteiger partial charge in [0.05, 0.1) is 0 Å². The van der Waals surface area contributed by atoms with Gasteiger partial charge in [0.2, 0.25) is 0 Å². The standard InChI is InChI=1S/C17H14N2O/c20-17(13-6-5-12-7-8-18-16(12)9-13)19-10-14-3-1-2-4-15(14)11-19/h1-9,18H,10-11H2. The average Bonchev–Trinajstić information content (AvgIpc) is 3.11. The molecule has 20 heavy (non-hydrogen) atoms. The smallest absolute Gasteiger partial charge is 0.254 e. The number of H-pyrrole nitrogens is 1. The minimum Gasteiger partial charge on any atom is -0.361 e. The van der Waals surface area contributed by atoms with Crippen molar-refractivity contribution in [3.05, 3.63) is 71.4 Å². The Morgan fingerprint density at radius 1 is 1.00 bits per heavy atom. The zero-order chi connectivity index (χ0) is 13.5. The van der Waals surface area contributed by atoms with Crippen molar-refractivity contribution in [3.63, 3.8) is 0 Å². The number of aromatic amines is 1. The number of carbonyl (C=O) groups excluding carboxylic acids is 1. The Balaban J connectivity index is 1.65. The van der Waals surface area contributed by atoms with Crippen LogP contribution in [0.5, 0.6) is 0 Å². The molecular weight excluding hydrogens is 248 g/mol. The second-order valence-corrected chi connectivity index (χ2v) is 5.21. The molecule has 0 atom stereocenters. The van der Waals surface area contributed by atoms with Crippen molar-refractivity contribution in [3.8, 4) is 0 Å². The number of aromatic nitrogens is 1. The van der Waals surface area contributed by atoms with E-state index in [-0.39, 0.29) is 5.91 Å². The molecule has 0 fully saturated rings. The van der Waals surface area contributed by atoms with Crippen LogP contribution in [0.3, 0.4) is 0 Å². The van der Waals surface area contributed by atoms with Crippen LogP contribution in [0.1, 0.15) is 21.5 Å². The molecule has 1 N–H and O–H groups in total.